The Morgan fingerprint density at radius 2 is 1.95 bits per heavy atom. The van der Waals surface area contributed by atoms with Crippen molar-refractivity contribution in [2.24, 2.45) is 0 Å². The number of hydrogen-bond donors (Lipinski definition) is 1. The molecule has 1 saturated heterocycles. The van der Waals surface area contributed by atoms with Gasteiger partial charge in [0, 0.05) is 25.2 Å². The summed E-state index contributed by atoms with van der Waals surface area (Å²) in [5.41, 5.74) is -0.754. The lowest BCUT2D eigenvalue weighted by atomic mass is 10.0. The molecule has 1 aliphatic rings. The van der Waals surface area contributed by atoms with Gasteiger partial charge in [-0.2, -0.15) is 0 Å². The zero-order valence-electron chi connectivity index (χ0n) is 12.5. The highest BCUT2D eigenvalue weighted by Crippen LogP contribution is 2.28. The molecule has 1 atom stereocenters. The summed E-state index contributed by atoms with van der Waals surface area (Å²) in [4.78, 5) is 13.6. The molecule has 6 heteroatoms. The van der Waals surface area contributed by atoms with E-state index in [1.54, 1.807) is 20.8 Å². The molecule has 1 fully saturated rings. The van der Waals surface area contributed by atoms with Crippen molar-refractivity contribution in [3.05, 3.63) is 35.4 Å². The molecule has 4 nitrogen and oxygen atoms in total. The number of benzene rings is 1. The predicted molar refractivity (Wildman–Crippen MR) is 74.9 cm³/mol. The molecule has 1 amide bonds. The smallest absolute Gasteiger partial charge is 0.410 e. The van der Waals surface area contributed by atoms with Crippen LogP contribution in [0.15, 0.2) is 18.2 Å². The molecule has 1 aromatic carbocycles. The van der Waals surface area contributed by atoms with Crippen LogP contribution in [0.25, 0.3) is 0 Å². The van der Waals surface area contributed by atoms with Crippen LogP contribution in [-0.4, -0.2) is 36.2 Å². The van der Waals surface area contributed by atoms with E-state index >= 15 is 0 Å². The molecule has 0 aliphatic carbocycles. The van der Waals surface area contributed by atoms with Gasteiger partial charge in [-0.25, -0.2) is 13.6 Å². The first kappa shape index (κ1) is 15.7. The molecule has 2 rings (SSSR count). The number of carbonyl (C=O) groups excluding carboxylic acids is 1. The number of amides is 1. The second kappa shape index (κ2) is 5.97. The van der Waals surface area contributed by atoms with Gasteiger partial charge in [-0.3, -0.25) is 4.90 Å². The summed E-state index contributed by atoms with van der Waals surface area (Å²) in [6, 6.07) is 2.98. The number of rotatable bonds is 1. The van der Waals surface area contributed by atoms with E-state index in [1.807, 2.05) is 0 Å². The zero-order valence-corrected chi connectivity index (χ0v) is 12.5. The number of ether oxygens (including phenoxy) is 1. The molecule has 0 radical (unpaired) electrons. The van der Waals surface area contributed by atoms with Crippen molar-refractivity contribution in [1.82, 2.24) is 10.2 Å². The van der Waals surface area contributed by atoms with Crippen molar-refractivity contribution in [2.45, 2.75) is 32.4 Å². The van der Waals surface area contributed by atoms with Gasteiger partial charge >= 0.3 is 6.09 Å². The van der Waals surface area contributed by atoms with E-state index in [-0.39, 0.29) is 12.1 Å². The molecule has 0 aromatic heterocycles. The zero-order chi connectivity index (χ0) is 15.6. The van der Waals surface area contributed by atoms with Crippen LogP contribution in [0.2, 0.25) is 0 Å². The van der Waals surface area contributed by atoms with E-state index < -0.39 is 29.4 Å². The van der Waals surface area contributed by atoms with Crippen LogP contribution in [0.1, 0.15) is 32.4 Å². The van der Waals surface area contributed by atoms with Gasteiger partial charge in [0.15, 0.2) is 0 Å². The van der Waals surface area contributed by atoms with Gasteiger partial charge in [0.2, 0.25) is 0 Å². The summed E-state index contributed by atoms with van der Waals surface area (Å²) < 4.78 is 33.2. The number of piperazine rings is 1. The number of halogens is 2. The Labute approximate surface area is 123 Å². The normalized spacial score (nSPS) is 19.5. The molecule has 0 saturated carbocycles. The van der Waals surface area contributed by atoms with Crippen molar-refractivity contribution in [2.75, 3.05) is 19.6 Å². The summed E-state index contributed by atoms with van der Waals surface area (Å²) in [5.74, 6) is -1.31. The van der Waals surface area contributed by atoms with E-state index in [4.69, 9.17) is 4.74 Å². The standard InChI is InChI=1S/C15H20F2N2O2/c1-15(2,3)21-14(20)19-8-7-18-9-12(19)13-10(16)5-4-6-11(13)17/h4-6,12,18H,7-9H2,1-3H3. The van der Waals surface area contributed by atoms with Crippen molar-refractivity contribution in [1.29, 1.82) is 0 Å². The molecule has 116 valence electrons. The third kappa shape index (κ3) is 3.69. The molecule has 1 heterocycles. The van der Waals surface area contributed by atoms with Crippen molar-refractivity contribution >= 4 is 6.09 Å². The predicted octanol–water partition coefficient (Wildman–Crippen LogP) is 2.85. The first-order valence-corrected chi connectivity index (χ1v) is 6.94. The van der Waals surface area contributed by atoms with Crippen LogP contribution >= 0.6 is 0 Å². The number of nitrogens with zero attached hydrogens (tertiary/aromatic N) is 1. The Bertz CT molecular complexity index is 509. The van der Waals surface area contributed by atoms with Crippen LogP contribution in [0.4, 0.5) is 13.6 Å². The average molecular weight is 298 g/mol. The van der Waals surface area contributed by atoms with Gasteiger partial charge in [0.05, 0.1) is 6.04 Å². The fourth-order valence-corrected chi connectivity index (χ4v) is 2.33. The average Bonchev–Trinajstić information content (AvgIpc) is 2.37. The summed E-state index contributed by atoms with van der Waals surface area (Å²) in [6.07, 6.45) is -0.559. The van der Waals surface area contributed by atoms with Crippen molar-refractivity contribution in [3.8, 4) is 0 Å². The van der Waals surface area contributed by atoms with E-state index in [1.165, 1.54) is 23.1 Å². The van der Waals surface area contributed by atoms with Crippen LogP contribution in [0, 0.1) is 11.6 Å². The summed E-state index contributed by atoms with van der Waals surface area (Å²) in [5, 5.41) is 3.05. The molecule has 0 spiro atoms. The first-order valence-electron chi connectivity index (χ1n) is 6.94. The largest absolute Gasteiger partial charge is 0.444 e. The Morgan fingerprint density at radius 1 is 1.33 bits per heavy atom. The fraction of sp³-hybridized carbons (Fsp3) is 0.533. The quantitative estimate of drug-likeness (QED) is 0.867. The lowest BCUT2D eigenvalue weighted by Gasteiger charge is -2.37. The van der Waals surface area contributed by atoms with E-state index in [9.17, 15) is 13.6 Å². The summed E-state index contributed by atoms with van der Waals surface area (Å²) in [7, 11) is 0. The Hall–Kier alpha value is -1.69. The lowest BCUT2D eigenvalue weighted by Crippen LogP contribution is -2.50. The highest BCUT2D eigenvalue weighted by atomic mass is 19.1. The van der Waals surface area contributed by atoms with Gasteiger partial charge in [-0.15, -0.1) is 0 Å². The van der Waals surface area contributed by atoms with E-state index in [0.29, 0.717) is 13.1 Å². The van der Waals surface area contributed by atoms with Gasteiger partial charge in [-0.1, -0.05) is 6.07 Å². The molecule has 0 bridgehead atoms. The Morgan fingerprint density at radius 3 is 2.52 bits per heavy atom. The van der Waals surface area contributed by atoms with Crippen LogP contribution in [-0.2, 0) is 4.74 Å². The monoisotopic (exact) mass is 298 g/mol. The minimum Gasteiger partial charge on any atom is -0.444 e. The second-order valence-corrected chi connectivity index (χ2v) is 6.03. The Balaban J connectivity index is 2.29. The molecule has 21 heavy (non-hydrogen) atoms. The topological polar surface area (TPSA) is 41.6 Å². The molecular weight excluding hydrogens is 278 g/mol. The summed E-state index contributed by atoms with van der Waals surface area (Å²) in [6.45, 7) is 6.46. The molecule has 1 unspecified atom stereocenters. The lowest BCUT2D eigenvalue weighted by molar-refractivity contribution is 0.0111. The van der Waals surface area contributed by atoms with E-state index in [0.717, 1.165) is 0 Å². The van der Waals surface area contributed by atoms with Gasteiger partial charge < -0.3 is 10.1 Å². The first-order chi connectivity index (χ1) is 9.79. The highest BCUT2D eigenvalue weighted by Gasteiger charge is 2.34. The molecule has 1 N–H and O–H groups in total. The minimum absolute atomic E-state index is 0.101. The van der Waals surface area contributed by atoms with Gasteiger partial charge in [0.1, 0.15) is 17.2 Å². The SMILES string of the molecule is CC(C)(C)OC(=O)N1CCNCC1c1c(F)cccc1F. The third-order valence-corrected chi connectivity index (χ3v) is 3.20. The number of nitrogens with one attached hydrogen (secondary N) is 1. The maximum absolute atomic E-state index is 14.0. The maximum Gasteiger partial charge on any atom is 0.410 e. The highest BCUT2D eigenvalue weighted by molar-refractivity contribution is 5.69. The maximum atomic E-state index is 14.0. The number of carbonyl (C=O) groups is 1. The molecular formula is C15H20F2N2O2. The Kier molecular flexibility index (Phi) is 4.46. The van der Waals surface area contributed by atoms with E-state index in [2.05, 4.69) is 5.32 Å². The van der Waals surface area contributed by atoms with Crippen LogP contribution in [0.5, 0.6) is 0 Å². The van der Waals surface area contributed by atoms with Gasteiger partial charge in [-0.05, 0) is 32.9 Å². The molecule has 1 aliphatic heterocycles. The van der Waals surface area contributed by atoms with Crippen LogP contribution < -0.4 is 5.32 Å². The van der Waals surface area contributed by atoms with Gasteiger partial charge in [0.25, 0.3) is 0 Å². The number of hydrogen-bond acceptors (Lipinski definition) is 3. The second-order valence-electron chi connectivity index (χ2n) is 6.03. The summed E-state index contributed by atoms with van der Waals surface area (Å²) >= 11 is 0. The van der Waals surface area contributed by atoms with Crippen molar-refractivity contribution < 1.29 is 18.3 Å². The molecule has 1 aromatic rings. The third-order valence-electron chi connectivity index (χ3n) is 3.20. The van der Waals surface area contributed by atoms with Crippen LogP contribution in [0.3, 0.4) is 0 Å². The fourth-order valence-electron chi connectivity index (χ4n) is 2.33. The minimum atomic E-state index is -0.713. The van der Waals surface area contributed by atoms with Crippen molar-refractivity contribution in [3.63, 3.8) is 0 Å².